The van der Waals surface area contributed by atoms with E-state index in [0.717, 1.165) is 16.7 Å². The summed E-state index contributed by atoms with van der Waals surface area (Å²) in [6.07, 6.45) is 3.33. The molecule has 2 aromatic carbocycles. The highest BCUT2D eigenvalue weighted by Gasteiger charge is 2.34. The highest BCUT2D eigenvalue weighted by atomic mass is 32.2. The van der Waals surface area contributed by atoms with Gasteiger partial charge in [0.15, 0.2) is 0 Å². The van der Waals surface area contributed by atoms with E-state index >= 15 is 0 Å². The van der Waals surface area contributed by atoms with Gasteiger partial charge in [-0.25, -0.2) is 18.5 Å². The van der Waals surface area contributed by atoms with E-state index in [1.54, 1.807) is 12.1 Å². The van der Waals surface area contributed by atoms with Crippen molar-refractivity contribution in [1.29, 1.82) is 0 Å². The number of sulfonamides is 1. The Balaban J connectivity index is 2.09. The van der Waals surface area contributed by atoms with E-state index in [9.17, 15) is 18.3 Å². The number of nitrogens with two attached hydrogens (primary N) is 1. The first kappa shape index (κ1) is 19.8. The number of aromatic nitrogens is 1. The zero-order valence-corrected chi connectivity index (χ0v) is 16.0. The Morgan fingerprint density at radius 2 is 1.86 bits per heavy atom. The van der Waals surface area contributed by atoms with E-state index in [2.05, 4.69) is 4.98 Å². The second kappa shape index (κ2) is 7.95. The van der Waals surface area contributed by atoms with Crippen LogP contribution in [0.1, 0.15) is 36.6 Å². The highest BCUT2D eigenvalue weighted by Crippen LogP contribution is 2.40. The maximum atomic E-state index is 12.0. The standard InChI is InChI=1S/C20H20N2O5S/c1-2-15(18(20(23)24)19-22-11-12-27-19)17-6-4-3-5-16(17)13-7-9-14(10-8-13)28(21,25)26/h3-12,15,18H,2H2,1H3,(H,23,24)(H2,21,25,26). The summed E-state index contributed by atoms with van der Waals surface area (Å²) in [7, 11) is -3.79. The van der Waals surface area contributed by atoms with Crippen molar-refractivity contribution in [3.8, 4) is 11.1 Å². The minimum atomic E-state index is -3.79. The predicted molar refractivity (Wildman–Crippen MR) is 103 cm³/mol. The van der Waals surface area contributed by atoms with Crippen LogP contribution in [0.2, 0.25) is 0 Å². The van der Waals surface area contributed by atoms with Crippen LogP contribution in [0.4, 0.5) is 0 Å². The van der Waals surface area contributed by atoms with Gasteiger partial charge in [0.2, 0.25) is 15.9 Å². The van der Waals surface area contributed by atoms with Crippen molar-refractivity contribution >= 4 is 16.0 Å². The maximum absolute atomic E-state index is 12.0. The van der Waals surface area contributed by atoms with Crippen LogP contribution in [0.15, 0.2) is 70.3 Å². The second-order valence-electron chi connectivity index (χ2n) is 6.36. The summed E-state index contributed by atoms with van der Waals surface area (Å²) in [5, 5.41) is 15.0. The van der Waals surface area contributed by atoms with E-state index in [4.69, 9.17) is 9.56 Å². The van der Waals surface area contributed by atoms with Gasteiger partial charge in [0.1, 0.15) is 12.2 Å². The summed E-state index contributed by atoms with van der Waals surface area (Å²) in [4.78, 5) is 16.1. The van der Waals surface area contributed by atoms with Crippen LogP contribution in [0.5, 0.6) is 0 Å². The molecule has 146 valence electrons. The van der Waals surface area contributed by atoms with Gasteiger partial charge in [-0.3, -0.25) is 4.79 Å². The molecule has 3 aromatic rings. The number of benzene rings is 2. The lowest BCUT2D eigenvalue weighted by Crippen LogP contribution is -2.21. The van der Waals surface area contributed by atoms with Crippen LogP contribution in [-0.2, 0) is 14.8 Å². The molecule has 0 saturated heterocycles. The zero-order valence-electron chi connectivity index (χ0n) is 15.1. The summed E-state index contributed by atoms with van der Waals surface area (Å²) in [5.74, 6) is -2.19. The highest BCUT2D eigenvalue weighted by molar-refractivity contribution is 7.89. The van der Waals surface area contributed by atoms with Gasteiger partial charge in [0.25, 0.3) is 0 Å². The lowest BCUT2D eigenvalue weighted by atomic mass is 9.80. The van der Waals surface area contributed by atoms with Gasteiger partial charge in [0.05, 0.1) is 11.1 Å². The van der Waals surface area contributed by atoms with Gasteiger partial charge < -0.3 is 9.52 Å². The molecule has 0 aliphatic carbocycles. The van der Waals surface area contributed by atoms with Gasteiger partial charge in [-0.05, 0) is 35.2 Å². The molecule has 0 aliphatic rings. The fourth-order valence-corrected chi connectivity index (χ4v) is 3.90. The molecule has 1 aromatic heterocycles. The van der Waals surface area contributed by atoms with Gasteiger partial charge in [-0.15, -0.1) is 0 Å². The van der Waals surface area contributed by atoms with E-state index in [0.29, 0.717) is 6.42 Å². The largest absolute Gasteiger partial charge is 0.481 e. The summed E-state index contributed by atoms with van der Waals surface area (Å²) >= 11 is 0. The SMILES string of the molecule is CCC(c1ccccc1-c1ccc(S(N)(=O)=O)cc1)C(C(=O)O)c1ncco1. The third kappa shape index (κ3) is 3.97. The molecule has 0 saturated carbocycles. The molecule has 28 heavy (non-hydrogen) atoms. The molecular weight excluding hydrogens is 380 g/mol. The summed E-state index contributed by atoms with van der Waals surface area (Å²) in [6, 6.07) is 13.6. The molecule has 3 rings (SSSR count). The van der Waals surface area contributed by atoms with Crippen molar-refractivity contribution in [2.24, 2.45) is 5.14 Å². The Morgan fingerprint density at radius 1 is 1.18 bits per heavy atom. The number of nitrogens with zero attached hydrogens (tertiary/aromatic N) is 1. The topological polar surface area (TPSA) is 123 Å². The Bertz CT molecular complexity index is 1060. The number of primary sulfonamides is 1. The summed E-state index contributed by atoms with van der Waals surface area (Å²) in [6.45, 7) is 1.91. The summed E-state index contributed by atoms with van der Waals surface area (Å²) in [5.41, 5.74) is 2.39. The number of hydrogen-bond acceptors (Lipinski definition) is 5. The first-order valence-electron chi connectivity index (χ1n) is 8.67. The molecule has 0 bridgehead atoms. The fraction of sp³-hybridized carbons (Fsp3) is 0.200. The minimum absolute atomic E-state index is 0.0176. The number of rotatable bonds is 7. The molecule has 0 aliphatic heterocycles. The molecule has 7 nitrogen and oxygen atoms in total. The molecule has 1 heterocycles. The number of oxazole rings is 1. The lowest BCUT2D eigenvalue weighted by Gasteiger charge is -2.23. The van der Waals surface area contributed by atoms with Crippen LogP contribution in [0.25, 0.3) is 11.1 Å². The van der Waals surface area contributed by atoms with Crippen molar-refractivity contribution in [3.05, 3.63) is 72.4 Å². The molecule has 0 spiro atoms. The summed E-state index contributed by atoms with van der Waals surface area (Å²) < 4.78 is 28.3. The maximum Gasteiger partial charge on any atom is 0.316 e. The number of carboxylic acid groups (broad SMARTS) is 1. The van der Waals surface area contributed by atoms with Crippen molar-refractivity contribution in [3.63, 3.8) is 0 Å². The monoisotopic (exact) mass is 400 g/mol. The number of carboxylic acids is 1. The molecule has 0 radical (unpaired) electrons. The van der Waals surface area contributed by atoms with Gasteiger partial charge in [-0.1, -0.05) is 43.3 Å². The molecule has 0 fully saturated rings. The lowest BCUT2D eigenvalue weighted by molar-refractivity contribution is -0.140. The Kier molecular flexibility index (Phi) is 5.62. The van der Waals surface area contributed by atoms with Gasteiger partial charge >= 0.3 is 5.97 Å². The molecule has 2 atom stereocenters. The molecule has 0 amide bonds. The van der Waals surface area contributed by atoms with Crippen molar-refractivity contribution in [2.75, 3.05) is 0 Å². The first-order valence-corrected chi connectivity index (χ1v) is 10.2. The van der Waals surface area contributed by atoms with Crippen molar-refractivity contribution in [2.45, 2.75) is 30.1 Å². The van der Waals surface area contributed by atoms with Crippen molar-refractivity contribution in [1.82, 2.24) is 4.98 Å². The Morgan fingerprint density at radius 3 is 2.39 bits per heavy atom. The van der Waals surface area contributed by atoms with Crippen LogP contribution < -0.4 is 5.14 Å². The normalized spacial score (nSPS) is 13.8. The first-order chi connectivity index (χ1) is 13.3. The number of carbonyl (C=O) groups is 1. The third-order valence-corrected chi connectivity index (χ3v) is 5.61. The van der Waals surface area contributed by atoms with E-state index in [1.165, 1.54) is 24.6 Å². The number of hydrogen-bond donors (Lipinski definition) is 2. The Hall–Kier alpha value is -2.97. The van der Waals surface area contributed by atoms with Crippen LogP contribution in [-0.4, -0.2) is 24.5 Å². The molecule has 2 unspecified atom stereocenters. The van der Waals surface area contributed by atoms with E-state index in [1.807, 2.05) is 31.2 Å². The average Bonchev–Trinajstić information content (AvgIpc) is 3.19. The Labute approximate surface area is 162 Å². The van der Waals surface area contributed by atoms with Crippen LogP contribution in [0.3, 0.4) is 0 Å². The third-order valence-electron chi connectivity index (χ3n) is 4.68. The van der Waals surface area contributed by atoms with Crippen LogP contribution in [0, 0.1) is 0 Å². The quantitative estimate of drug-likeness (QED) is 0.627. The van der Waals surface area contributed by atoms with E-state index < -0.39 is 21.9 Å². The van der Waals surface area contributed by atoms with Crippen LogP contribution >= 0.6 is 0 Å². The fourth-order valence-electron chi connectivity index (χ4n) is 3.38. The zero-order chi connectivity index (χ0) is 20.3. The second-order valence-corrected chi connectivity index (χ2v) is 7.92. The van der Waals surface area contributed by atoms with Gasteiger partial charge in [-0.2, -0.15) is 0 Å². The van der Waals surface area contributed by atoms with Gasteiger partial charge in [0, 0.05) is 5.92 Å². The van der Waals surface area contributed by atoms with Crippen molar-refractivity contribution < 1.29 is 22.7 Å². The average molecular weight is 400 g/mol. The number of aliphatic carboxylic acids is 1. The molecular formula is C20H20N2O5S. The minimum Gasteiger partial charge on any atom is -0.481 e. The predicted octanol–water partition coefficient (Wildman–Crippen LogP) is 3.35. The molecule has 3 N–H and O–H groups in total. The molecule has 8 heteroatoms. The smallest absolute Gasteiger partial charge is 0.316 e. The van der Waals surface area contributed by atoms with E-state index in [-0.39, 0.29) is 16.7 Å².